The molecule has 182 valence electrons. The Labute approximate surface area is 207 Å². The van der Waals surface area contributed by atoms with Crippen molar-refractivity contribution in [2.45, 2.75) is 19.3 Å². The topological polar surface area (TPSA) is 81.3 Å². The van der Waals surface area contributed by atoms with Gasteiger partial charge in [0, 0.05) is 30.8 Å². The van der Waals surface area contributed by atoms with Gasteiger partial charge < -0.3 is 4.90 Å². The van der Waals surface area contributed by atoms with Crippen LogP contribution in [0, 0.1) is 21.8 Å². The van der Waals surface area contributed by atoms with Crippen molar-refractivity contribution in [3.05, 3.63) is 112 Å². The van der Waals surface area contributed by atoms with Crippen LogP contribution in [-0.4, -0.2) is 38.6 Å². The number of benzene rings is 3. The van der Waals surface area contributed by atoms with Gasteiger partial charge in [-0.15, -0.1) is 0 Å². The van der Waals surface area contributed by atoms with Crippen molar-refractivity contribution in [1.29, 1.82) is 0 Å². The van der Waals surface area contributed by atoms with Crippen LogP contribution in [0.1, 0.15) is 28.9 Å². The molecular weight excluding hydrogens is 459 g/mol. The predicted molar refractivity (Wildman–Crippen MR) is 134 cm³/mol. The highest BCUT2D eigenvalue weighted by molar-refractivity contribution is 5.94. The summed E-state index contributed by atoms with van der Waals surface area (Å²) in [4.78, 5) is 26.3. The standard InChI is InChI=1S/C28H25FN4O3/c29-25-12-5-4-11-24(25)26-19-27(32(30-26)22-9-6-10-23(18-22)33(35)36)28(34)31-15-13-21(14-16-31)17-20-7-2-1-3-8-20/h1-12,18-19,21H,13-17H2. The highest BCUT2D eigenvalue weighted by Crippen LogP contribution is 2.28. The van der Waals surface area contributed by atoms with Gasteiger partial charge in [-0.25, -0.2) is 9.07 Å². The average molecular weight is 485 g/mol. The third-order valence-electron chi connectivity index (χ3n) is 6.63. The number of nitrogens with zero attached hydrogens (tertiary/aromatic N) is 4. The number of likely N-dealkylation sites (tertiary alicyclic amines) is 1. The SMILES string of the molecule is O=C(c1cc(-c2ccccc2F)nn1-c1cccc([N+](=O)[O-])c1)N1CCC(Cc2ccccc2)CC1. The molecular formula is C28H25FN4O3. The fourth-order valence-corrected chi connectivity index (χ4v) is 4.72. The summed E-state index contributed by atoms with van der Waals surface area (Å²) in [5, 5.41) is 15.8. The molecule has 1 amide bonds. The zero-order valence-electron chi connectivity index (χ0n) is 19.6. The molecule has 0 atom stereocenters. The molecule has 2 heterocycles. The van der Waals surface area contributed by atoms with Crippen LogP contribution in [0.15, 0.2) is 84.9 Å². The van der Waals surface area contributed by atoms with E-state index in [9.17, 15) is 19.3 Å². The molecule has 3 aromatic carbocycles. The maximum Gasteiger partial charge on any atom is 0.272 e. The van der Waals surface area contributed by atoms with Gasteiger partial charge in [-0.05, 0) is 55.0 Å². The Balaban J connectivity index is 1.43. The largest absolute Gasteiger partial charge is 0.337 e. The Bertz CT molecular complexity index is 1390. The van der Waals surface area contributed by atoms with E-state index < -0.39 is 10.7 Å². The van der Waals surface area contributed by atoms with E-state index in [0.29, 0.717) is 30.4 Å². The number of nitro groups is 1. The lowest BCUT2D eigenvalue weighted by molar-refractivity contribution is -0.384. The van der Waals surface area contributed by atoms with Gasteiger partial charge in [0.15, 0.2) is 0 Å². The van der Waals surface area contributed by atoms with Crippen molar-refractivity contribution < 1.29 is 14.1 Å². The van der Waals surface area contributed by atoms with E-state index in [-0.39, 0.29) is 22.9 Å². The smallest absolute Gasteiger partial charge is 0.272 e. The molecule has 36 heavy (non-hydrogen) atoms. The Morgan fingerprint density at radius 1 is 0.972 bits per heavy atom. The minimum absolute atomic E-state index is 0.115. The monoisotopic (exact) mass is 484 g/mol. The van der Waals surface area contributed by atoms with Gasteiger partial charge in [0.05, 0.1) is 16.3 Å². The van der Waals surface area contributed by atoms with Crippen LogP contribution >= 0.6 is 0 Å². The first-order chi connectivity index (χ1) is 17.5. The summed E-state index contributed by atoms with van der Waals surface area (Å²) in [6.45, 7) is 1.21. The van der Waals surface area contributed by atoms with Crippen molar-refractivity contribution in [2.75, 3.05) is 13.1 Å². The van der Waals surface area contributed by atoms with Gasteiger partial charge >= 0.3 is 0 Å². The van der Waals surface area contributed by atoms with Crippen molar-refractivity contribution in [1.82, 2.24) is 14.7 Å². The Kier molecular flexibility index (Phi) is 6.58. The van der Waals surface area contributed by atoms with Gasteiger partial charge in [-0.3, -0.25) is 14.9 Å². The summed E-state index contributed by atoms with van der Waals surface area (Å²) in [6, 6.07) is 24.0. The molecule has 0 N–H and O–H groups in total. The summed E-state index contributed by atoms with van der Waals surface area (Å²) < 4.78 is 15.9. The lowest BCUT2D eigenvalue weighted by atomic mass is 9.90. The molecule has 0 saturated carbocycles. The summed E-state index contributed by atoms with van der Waals surface area (Å²) >= 11 is 0. The van der Waals surface area contributed by atoms with Gasteiger partial charge in [-0.1, -0.05) is 48.5 Å². The minimum atomic E-state index is -0.496. The fourth-order valence-electron chi connectivity index (χ4n) is 4.72. The zero-order valence-corrected chi connectivity index (χ0v) is 19.6. The van der Waals surface area contributed by atoms with E-state index in [1.54, 1.807) is 41.3 Å². The fraction of sp³-hybridized carbons (Fsp3) is 0.214. The third kappa shape index (κ3) is 4.88. The van der Waals surface area contributed by atoms with E-state index in [1.165, 1.54) is 28.4 Å². The maximum atomic E-state index is 14.5. The number of rotatable bonds is 6. The molecule has 0 bridgehead atoms. The summed E-state index contributed by atoms with van der Waals surface area (Å²) in [5.41, 5.74) is 2.35. The average Bonchev–Trinajstić information content (AvgIpc) is 3.35. The van der Waals surface area contributed by atoms with Gasteiger partial charge in [-0.2, -0.15) is 5.10 Å². The van der Waals surface area contributed by atoms with Gasteiger partial charge in [0.25, 0.3) is 11.6 Å². The number of aromatic nitrogens is 2. The van der Waals surface area contributed by atoms with E-state index in [1.807, 2.05) is 18.2 Å². The van der Waals surface area contributed by atoms with Crippen LogP contribution in [0.3, 0.4) is 0 Å². The first kappa shape index (κ1) is 23.4. The van der Waals surface area contributed by atoms with Crippen LogP contribution in [0.4, 0.5) is 10.1 Å². The van der Waals surface area contributed by atoms with E-state index >= 15 is 0 Å². The number of halogens is 1. The van der Waals surface area contributed by atoms with Crippen molar-refractivity contribution in [2.24, 2.45) is 5.92 Å². The van der Waals surface area contributed by atoms with Crippen LogP contribution in [0.2, 0.25) is 0 Å². The molecule has 0 unspecified atom stereocenters. The quantitative estimate of drug-likeness (QED) is 0.260. The second kappa shape index (κ2) is 10.1. The number of hydrogen-bond donors (Lipinski definition) is 0. The molecule has 0 spiro atoms. The van der Waals surface area contributed by atoms with Gasteiger partial charge in [0.2, 0.25) is 0 Å². The lowest BCUT2D eigenvalue weighted by Crippen LogP contribution is -2.39. The minimum Gasteiger partial charge on any atom is -0.337 e. The zero-order chi connectivity index (χ0) is 25.1. The second-order valence-corrected chi connectivity index (χ2v) is 9.01. The molecule has 5 rings (SSSR count). The molecule has 1 aromatic heterocycles. The number of non-ortho nitro benzene ring substituents is 1. The predicted octanol–water partition coefficient (Wildman–Crippen LogP) is 5.68. The summed E-state index contributed by atoms with van der Waals surface area (Å²) in [7, 11) is 0. The number of carbonyl (C=O) groups is 1. The third-order valence-corrected chi connectivity index (χ3v) is 6.63. The number of nitro benzene ring substituents is 1. The summed E-state index contributed by atoms with van der Waals surface area (Å²) in [5.74, 6) is -0.191. The van der Waals surface area contributed by atoms with Crippen molar-refractivity contribution in [3.8, 4) is 16.9 Å². The Hall–Kier alpha value is -4.33. The van der Waals surface area contributed by atoms with Crippen molar-refractivity contribution in [3.63, 3.8) is 0 Å². The molecule has 8 heteroatoms. The van der Waals surface area contributed by atoms with Crippen LogP contribution in [0.25, 0.3) is 16.9 Å². The molecule has 1 fully saturated rings. The first-order valence-electron chi connectivity index (χ1n) is 11.9. The molecule has 1 aliphatic rings. The number of amides is 1. The van der Waals surface area contributed by atoms with Crippen LogP contribution < -0.4 is 0 Å². The van der Waals surface area contributed by atoms with Crippen LogP contribution in [-0.2, 0) is 6.42 Å². The normalized spacial score (nSPS) is 14.1. The number of piperidine rings is 1. The second-order valence-electron chi connectivity index (χ2n) is 9.01. The maximum absolute atomic E-state index is 14.5. The molecule has 7 nitrogen and oxygen atoms in total. The first-order valence-corrected chi connectivity index (χ1v) is 11.9. The molecule has 0 radical (unpaired) electrons. The molecule has 1 aliphatic heterocycles. The summed E-state index contributed by atoms with van der Waals surface area (Å²) in [6.07, 6.45) is 2.74. The number of carbonyl (C=O) groups excluding carboxylic acids is 1. The van der Waals surface area contributed by atoms with Crippen LogP contribution in [0.5, 0.6) is 0 Å². The Morgan fingerprint density at radius 2 is 1.69 bits per heavy atom. The Morgan fingerprint density at radius 3 is 2.42 bits per heavy atom. The van der Waals surface area contributed by atoms with Gasteiger partial charge in [0.1, 0.15) is 11.5 Å². The molecule has 0 aliphatic carbocycles. The van der Waals surface area contributed by atoms with E-state index in [4.69, 9.17) is 0 Å². The van der Waals surface area contributed by atoms with E-state index in [0.717, 1.165) is 19.3 Å². The lowest BCUT2D eigenvalue weighted by Gasteiger charge is -2.32. The molecule has 1 saturated heterocycles. The van der Waals surface area contributed by atoms with E-state index in [2.05, 4.69) is 17.2 Å². The highest BCUT2D eigenvalue weighted by Gasteiger charge is 2.28. The number of hydrogen-bond acceptors (Lipinski definition) is 4. The molecule has 4 aromatic rings. The highest BCUT2D eigenvalue weighted by atomic mass is 19.1. The van der Waals surface area contributed by atoms with Crippen molar-refractivity contribution >= 4 is 11.6 Å².